The van der Waals surface area contributed by atoms with E-state index in [1.807, 2.05) is 0 Å². The molecule has 0 bridgehead atoms. The monoisotopic (exact) mass is 253 g/mol. The van der Waals surface area contributed by atoms with Gasteiger partial charge in [-0.2, -0.15) is 0 Å². The Morgan fingerprint density at radius 3 is 2.07 bits per heavy atom. The lowest BCUT2D eigenvalue weighted by Crippen LogP contribution is -2.45. The van der Waals surface area contributed by atoms with Gasteiger partial charge >= 0.3 is 0 Å². The molecule has 0 unspecified atom stereocenters. The maximum Gasteiger partial charge on any atom is 0.0195 e. The molecule has 0 heterocycles. The van der Waals surface area contributed by atoms with Crippen molar-refractivity contribution in [3.63, 3.8) is 0 Å². The van der Waals surface area contributed by atoms with Gasteiger partial charge in [0.2, 0.25) is 0 Å². The fraction of sp³-hybridized carbons (Fsp3) is 0.500. The summed E-state index contributed by atoms with van der Waals surface area (Å²) in [5, 5.41) is 0. The van der Waals surface area contributed by atoms with Crippen LogP contribution in [0.25, 0.3) is 0 Å². The topological polar surface area (TPSA) is 26.0 Å². The summed E-state index contributed by atoms with van der Waals surface area (Å²) in [6.07, 6.45) is 2.44. The standard InChI is InChI=1S/C12H16BrN/c1-11(2,14)12(7-8-12)9-3-5-10(13)6-4-9/h3-6H,7-8,14H2,1-2H3. The van der Waals surface area contributed by atoms with Crippen LogP contribution in [-0.2, 0) is 5.41 Å². The molecule has 0 aliphatic heterocycles. The lowest BCUT2D eigenvalue weighted by molar-refractivity contribution is 0.391. The molecule has 2 N–H and O–H groups in total. The van der Waals surface area contributed by atoms with Crippen molar-refractivity contribution in [3.8, 4) is 0 Å². The minimum Gasteiger partial charge on any atom is -0.325 e. The van der Waals surface area contributed by atoms with E-state index >= 15 is 0 Å². The Labute approximate surface area is 93.8 Å². The normalized spacial score (nSPS) is 19.4. The average Bonchev–Trinajstić information content (AvgIpc) is 2.84. The predicted molar refractivity (Wildman–Crippen MR) is 63.3 cm³/mol. The van der Waals surface area contributed by atoms with Gasteiger partial charge in [0, 0.05) is 15.4 Å². The molecule has 2 rings (SSSR count). The van der Waals surface area contributed by atoms with Crippen LogP contribution in [0.3, 0.4) is 0 Å². The summed E-state index contributed by atoms with van der Waals surface area (Å²) >= 11 is 3.45. The third-order valence-corrected chi connectivity index (χ3v) is 3.91. The zero-order valence-electron chi connectivity index (χ0n) is 8.68. The molecule has 0 saturated heterocycles. The zero-order valence-corrected chi connectivity index (χ0v) is 10.3. The molecule has 14 heavy (non-hydrogen) atoms. The summed E-state index contributed by atoms with van der Waals surface area (Å²) in [7, 11) is 0. The van der Waals surface area contributed by atoms with E-state index in [0.29, 0.717) is 0 Å². The molecule has 1 aromatic rings. The molecule has 76 valence electrons. The summed E-state index contributed by atoms with van der Waals surface area (Å²) in [6, 6.07) is 8.57. The summed E-state index contributed by atoms with van der Waals surface area (Å²) < 4.78 is 1.13. The third-order valence-electron chi connectivity index (χ3n) is 3.38. The van der Waals surface area contributed by atoms with Crippen LogP contribution in [0.2, 0.25) is 0 Å². The van der Waals surface area contributed by atoms with Crippen molar-refractivity contribution in [3.05, 3.63) is 34.3 Å². The number of nitrogens with two attached hydrogens (primary N) is 1. The molecule has 0 aromatic heterocycles. The minimum atomic E-state index is -0.110. The van der Waals surface area contributed by atoms with Crippen molar-refractivity contribution in [2.75, 3.05) is 0 Å². The molecule has 1 aliphatic carbocycles. The molecule has 0 amide bonds. The van der Waals surface area contributed by atoms with Crippen LogP contribution in [0, 0.1) is 0 Å². The van der Waals surface area contributed by atoms with E-state index in [9.17, 15) is 0 Å². The minimum absolute atomic E-state index is 0.110. The number of hydrogen-bond acceptors (Lipinski definition) is 1. The smallest absolute Gasteiger partial charge is 0.0195 e. The van der Waals surface area contributed by atoms with Crippen LogP contribution >= 0.6 is 15.9 Å². The van der Waals surface area contributed by atoms with Gasteiger partial charge in [-0.15, -0.1) is 0 Å². The molecule has 2 heteroatoms. The second-order valence-electron chi connectivity index (χ2n) is 4.81. The third kappa shape index (κ3) is 1.51. The first-order valence-corrected chi connectivity index (χ1v) is 5.80. The molecule has 0 spiro atoms. The molecule has 1 aromatic carbocycles. The van der Waals surface area contributed by atoms with Gasteiger partial charge in [-0.1, -0.05) is 28.1 Å². The van der Waals surface area contributed by atoms with Crippen molar-refractivity contribution in [2.45, 2.75) is 37.6 Å². The lowest BCUT2D eigenvalue weighted by Gasteiger charge is -2.31. The maximum atomic E-state index is 6.23. The zero-order chi connectivity index (χ0) is 10.4. The lowest BCUT2D eigenvalue weighted by atomic mass is 9.79. The van der Waals surface area contributed by atoms with Gasteiger partial charge in [0.1, 0.15) is 0 Å². The SMILES string of the molecule is CC(C)(N)C1(c2ccc(Br)cc2)CC1. The largest absolute Gasteiger partial charge is 0.325 e. The van der Waals surface area contributed by atoms with E-state index in [2.05, 4.69) is 54.0 Å². The quantitative estimate of drug-likeness (QED) is 0.861. The van der Waals surface area contributed by atoms with Gasteiger partial charge in [-0.05, 0) is 44.4 Å². The van der Waals surface area contributed by atoms with Gasteiger partial charge in [-0.25, -0.2) is 0 Å². The Morgan fingerprint density at radius 1 is 1.21 bits per heavy atom. The van der Waals surface area contributed by atoms with Crippen LogP contribution in [0.15, 0.2) is 28.7 Å². The van der Waals surface area contributed by atoms with Gasteiger partial charge in [0.25, 0.3) is 0 Å². The highest BCUT2D eigenvalue weighted by Gasteiger charge is 2.53. The second kappa shape index (κ2) is 3.07. The van der Waals surface area contributed by atoms with Crippen LogP contribution in [0.5, 0.6) is 0 Å². The molecular weight excluding hydrogens is 238 g/mol. The Balaban J connectivity index is 2.36. The van der Waals surface area contributed by atoms with Gasteiger partial charge in [0.05, 0.1) is 0 Å². The average molecular weight is 254 g/mol. The van der Waals surface area contributed by atoms with E-state index in [1.54, 1.807) is 0 Å². The first-order valence-electron chi connectivity index (χ1n) is 5.01. The Morgan fingerprint density at radius 2 is 1.71 bits per heavy atom. The van der Waals surface area contributed by atoms with Gasteiger partial charge < -0.3 is 5.73 Å². The van der Waals surface area contributed by atoms with Crippen molar-refractivity contribution >= 4 is 15.9 Å². The van der Waals surface area contributed by atoms with Crippen LogP contribution in [0.1, 0.15) is 32.3 Å². The highest BCUT2D eigenvalue weighted by molar-refractivity contribution is 9.10. The van der Waals surface area contributed by atoms with Gasteiger partial charge in [-0.3, -0.25) is 0 Å². The highest BCUT2D eigenvalue weighted by atomic mass is 79.9. The molecular formula is C12H16BrN. The van der Waals surface area contributed by atoms with E-state index in [-0.39, 0.29) is 11.0 Å². The maximum absolute atomic E-state index is 6.23. The summed E-state index contributed by atoms with van der Waals surface area (Å²) in [5.41, 5.74) is 7.74. The fourth-order valence-electron chi connectivity index (χ4n) is 2.20. The number of halogens is 1. The Hall–Kier alpha value is -0.340. The van der Waals surface area contributed by atoms with E-state index in [1.165, 1.54) is 18.4 Å². The van der Waals surface area contributed by atoms with Crippen molar-refractivity contribution < 1.29 is 0 Å². The number of benzene rings is 1. The molecule has 1 aliphatic rings. The first-order chi connectivity index (χ1) is 6.46. The highest BCUT2D eigenvalue weighted by Crippen LogP contribution is 2.54. The van der Waals surface area contributed by atoms with Crippen LogP contribution < -0.4 is 5.73 Å². The van der Waals surface area contributed by atoms with Crippen LogP contribution in [-0.4, -0.2) is 5.54 Å². The second-order valence-corrected chi connectivity index (χ2v) is 5.73. The van der Waals surface area contributed by atoms with Crippen molar-refractivity contribution in [1.29, 1.82) is 0 Å². The molecule has 1 fully saturated rings. The summed E-state index contributed by atoms with van der Waals surface area (Å²) in [5.74, 6) is 0. The molecule has 0 atom stereocenters. The number of hydrogen-bond donors (Lipinski definition) is 1. The van der Waals surface area contributed by atoms with E-state index < -0.39 is 0 Å². The van der Waals surface area contributed by atoms with Crippen LogP contribution in [0.4, 0.5) is 0 Å². The number of rotatable bonds is 2. The van der Waals surface area contributed by atoms with E-state index in [4.69, 9.17) is 5.73 Å². The summed E-state index contributed by atoms with van der Waals surface area (Å²) in [6.45, 7) is 4.25. The molecule has 1 saturated carbocycles. The summed E-state index contributed by atoms with van der Waals surface area (Å²) in [4.78, 5) is 0. The first kappa shape index (κ1) is 10.2. The van der Waals surface area contributed by atoms with Gasteiger partial charge in [0.15, 0.2) is 0 Å². The Bertz CT molecular complexity index is 330. The fourth-order valence-corrected chi connectivity index (χ4v) is 2.46. The Kier molecular flexibility index (Phi) is 2.24. The molecule has 1 nitrogen and oxygen atoms in total. The predicted octanol–water partition coefficient (Wildman–Crippen LogP) is 3.22. The van der Waals surface area contributed by atoms with Crippen molar-refractivity contribution in [2.24, 2.45) is 5.73 Å². The van der Waals surface area contributed by atoms with Crippen molar-refractivity contribution in [1.82, 2.24) is 0 Å². The van der Waals surface area contributed by atoms with E-state index in [0.717, 1.165) is 4.47 Å². The molecule has 0 radical (unpaired) electrons.